The number of ether oxygens (including phenoxy) is 2. The molecule has 0 saturated heterocycles. The number of carbonyl (C=O) groups excluding carboxylic acids is 2. The lowest BCUT2D eigenvalue weighted by atomic mass is 10.1. The number of aliphatic imine (C=N–C) groups is 1. The van der Waals surface area contributed by atoms with Crippen molar-refractivity contribution in [3.8, 4) is 0 Å². The number of hydrogen-bond donors (Lipinski definition) is 3. The average Bonchev–Trinajstić information content (AvgIpc) is 2.86. The number of aryl methyl sites for hydroxylation is 2. The predicted octanol–water partition coefficient (Wildman–Crippen LogP) is 4.27. The molecule has 0 fully saturated rings. The van der Waals surface area contributed by atoms with E-state index in [1.807, 2.05) is 32.0 Å². The zero-order valence-electron chi connectivity index (χ0n) is 20.6. The number of thiocarbonyl (C=S) groups is 1. The zero-order chi connectivity index (χ0) is 26.9. The summed E-state index contributed by atoms with van der Waals surface area (Å²) in [6.45, 7) is 4.03. The molecule has 0 aliphatic heterocycles. The van der Waals surface area contributed by atoms with Crippen LogP contribution in [0, 0.1) is 13.8 Å². The molecule has 3 aromatic rings. The van der Waals surface area contributed by atoms with Crippen molar-refractivity contribution < 1.29 is 19.1 Å². The minimum absolute atomic E-state index is 0.129. The molecule has 1 heterocycles. The molecule has 3 N–H and O–H groups in total. The van der Waals surface area contributed by atoms with Crippen molar-refractivity contribution in [3.05, 3.63) is 81.6 Å². The highest BCUT2D eigenvalue weighted by molar-refractivity contribution is 7.80. The molecule has 192 valence electrons. The summed E-state index contributed by atoms with van der Waals surface area (Å²) >= 11 is 11.4. The Kier molecular flexibility index (Phi) is 9.47. The quantitative estimate of drug-likeness (QED) is 0.180. The highest BCUT2D eigenvalue weighted by atomic mass is 35.5. The Labute approximate surface area is 224 Å². The molecular weight excluding hydrogens is 516 g/mol. The van der Waals surface area contributed by atoms with Crippen LogP contribution in [0.3, 0.4) is 0 Å². The predicted molar refractivity (Wildman–Crippen MR) is 146 cm³/mol. The van der Waals surface area contributed by atoms with E-state index in [4.69, 9.17) is 33.3 Å². The van der Waals surface area contributed by atoms with Gasteiger partial charge in [-0.2, -0.15) is 0 Å². The molecule has 0 unspecified atom stereocenters. The summed E-state index contributed by atoms with van der Waals surface area (Å²) in [6.07, 6.45) is 0. The van der Waals surface area contributed by atoms with Crippen LogP contribution in [0.25, 0.3) is 0 Å². The van der Waals surface area contributed by atoms with E-state index in [1.54, 1.807) is 12.1 Å². The first kappa shape index (κ1) is 27.5. The number of esters is 2. The number of anilines is 2. The van der Waals surface area contributed by atoms with E-state index < -0.39 is 11.9 Å². The highest BCUT2D eigenvalue weighted by Gasteiger charge is 2.15. The van der Waals surface area contributed by atoms with Gasteiger partial charge in [-0.1, -0.05) is 23.7 Å². The Balaban J connectivity index is 1.85. The van der Waals surface area contributed by atoms with Crippen LogP contribution in [0.4, 0.5) is 11.6 Å². The molecular formula is C25H25ClN6O4S. The lowest BCUT2D eigenvalue weighted by Gasteiger charge is -2.15. The number of aromatic nitrogens is 2. The van der Waals surface area contributed by atoms with E-state index in [0.29, 0.717) is 23.2 Å². The van der Waals surface area contributed by atoms with Crippen LogP contribution in [-0.2, 0) is 16.0 Å². The molecule has 2 aromatic carbocycles. The van der Waals surface area contributed by atoms with Gasteiger partial charge in [0, 0.05) is 22.1 Å². The molecule has 1 aromatic heterocycles. The van der Waals surface area contributed by atoms with Crippen molar-refractivity contribution in [1.29, 1.82) is 0 Å². The third-order valence-corrected chi connectivity index (χ3v) is 5.27. The second-order valence-corrected chi connectivity index (χ2v) is 8.60. The van der Waals surface area contributed by atoms with Crippen LogP contribution in [0.2, 0.25) is 5.02 Å². The molecule has 0 aliphatic carbocycles. The number of guanidine groups is 1. The summed E-state index contributed by atoms with van der Waals surface area (Å²) in [6, 6.07) is 13.5. The number of benzene rings is 2. The second kappa shape index (κ2) is 12.7. The minimum atomic E-state index is -0.619. The lowest BCUT2D eigenvalue weighted by Crippen LogP contribution is -2.39. The van der Waals surface area contributed by atoms with E-state index in [2.05, 4.69) is 30.9 Å². The van der Waals surface area contributed by atoms with Gasteiger partial charge in [-0.25, -0.2) is 24.5 Å². The van der Waals surface area contributed by atoms with Crippen LogP contribution in [-0.4, -0.2) is 47.2 Å². The molecule has 0 radical (unpaired) electrons. The van der Waals surface area contributed by atoms with E-state index in [9.17, 15) is 9.59 Å². The fraction of sp³-hybridized carbons (Fsp3) is 0.200. The van der Waals surface area contributed by atoms with E-state index in [1.165, 1.54) is 32.4 Å². The number of hydrogen-bond acceptors (Lipinski definition) is 8. The lowest BCUT2D eigenvalue weighted by molar-refractivity contribution is 0.0599. The summed E-state index contributed by atoms with van der Waals surface area (Å²) in [5.74, 6) is -0.629. The van der Waals surface area contributed by atoms with Gasteiger partial charge in [0.15, 0.2) is 5.11 Å². The number of nitrogens with one attached hydrogen (secondary N) is 3. The van der Waals surface area contributed by atoms with Gasteiger partial charge in [-0.15, -0.1) is 0 Å². The van der Waals surface area contributed by atoms with E-state index in [-0.39, 0.29) is 22.2 Å². The van der Waals surface area contributed by atoms with Crippen LogP contribution >= 0.6 is 23.8 Å². The van der Waals surface area contributed by atoms with Crippen molar-refractivity contribution in [1.82, 2.24) is 15.3 Å². The number of halogens is 1. The van der Waals surface area contributed by atoms with Crippen molar-refractivity contribution in [3.63, 3.8) is 0 Å². The first-order chi connectivity index (χ1) is 17.7. The Morgan fingerprint density at radius 2 is 1.49 bits per heavy atom. The molecule has 0 atom stereocenters. The van der Waals surface area contributed by atoms with Gasteiger partial charge in [0.2, 0.25) is 11.9 Å². The molecule has 37 heavy (non-hydrogen) atoms. The maximum absolute atomic E-state index is 12.1. The Bertz CT molecular complexity index is 1290. The van der Waals surface area contributed by atoms with Crippen molar-refractivity contribution in [2.45, 2.75) is 20.4 Å². The second-order valence-electron chi connectivity index (χ2n) is 7.75. The molecule has 0 bridgehead atoms. The van der Waals surface area contributed by atoms with Gasteiger partial charge in [0.25, 0.3) is 0 Å². The summed E-state index contributed by atoms with van der Waals surface area (Å²) < 4.78 is 9.56. The van der Waals surface area contributed by atoms with Crippen LogP contribution < -0.4 is 16.0 Å². The number of rotatable bonds is 6. The van der Waals surface area contributed by atoms with Gasteiger partial charge in [-0.05, 0) is 68.0 Å². The third kappa shape index (κ3) is 8.23. The molecule has 0 aliphatic rings. The fourth-order valence-electron chi connectivity index (χ4n) is 3.20. The van der Waals surface area contributed by atoms with Gasteiger partial charge in [0.05, 0.1) is 31.9 Å². The maximum Gasteiger partial charge on any atom is 0.337 e. The van der Waals surface area contributed by atoms with Crippen LogP contribution in [0.5, 0.6) is 0 Å². The normalized spacial score (nSPS) is 10.9. The third-order valence-electron chi connectivity index (χ3n) is 4.81. The summed E-state index contributed by atoms with van der Waals surface area (Å²) in [4.78, 5) is 37.5. The summed E-state index contributed by atoms with van der Waals surface area (Å²) in [5, 5.41) is 9.74. The monoisotopic (exact) mass is 540 g/mol. The molecule has 0 spiro atoms. The average molecular weight is 541 g/mol. The Hall–Kier alpha value is -4.09. The topological polar surface area (TPSA) is 127 Å². The van der Waals surface area contributed by atoms with Gasteiger partial charge in [-0.3, -0.25) is 5.32 Å². The van der Waals surface area contributed by atoms with Crippen LogP contribution in [0.1, 0.15) is 37.7 Å². The first-order valence-electron chi connectivity index (χ1n) is 10.9. The first-order valence-corrected chi connectivity index (χ1v) is 11.7. The van der Waals surface area contributed by atoms with Gasteiger partial charge >= 0.3 is 11.9 Å². The molecule has 12 heteroatoms. The Morgan fingerprint density at radius 1 is 0.919 bits per heavy atom. The molecule has 3 rings (SSSR count). The number of nitrogens with zero attached hydrogens (tertiary/aromatic N) is 3. The standard InChI is InChI=1S/C25H25ClN6O4S/c1-14-9-15(2)29-24(28-14)31-23(27-13-16-5-7-19(26)8-6-16)32-25(37)30-20-11-17(21(33)35-3)10-18(12-20)22(34)36-4/h5-12H,13H2,1-4H3,(H3,27,28,29,30,31,32,37). The number of carbonyl (C=O) groups is 2. The molecule has 10 nitrogen and oxygen atoms in total. The molecule has 0 saturated carbocycles. The zero-order valence-corrected chi connectivity index (χ0v) is 22.2. The van der Waals surface area contributed by atoms with Crippen LogP contribution in [0.15, 0.2) is 53.5 Å². The smallest absolute Gasteiger partial charge is 0.337 e. The van der Waals surface area contributed by atoms with E-state index in [0.717, 1.165) is 17.0 Å². The van der Waals surface area contributed by atoms with Crippen molar-refractivity contribution in [2.75, 3.05) is 24.9 Å². The van der Waals surface area contributed by atoms with Gasteiger partial charge in [0.1, 0.15) is 0 Å². The largest absolute Gasteiger partial charge is 0.465 e. The summed E-state index contributed by atoms with van der Waals surface area (Å²) in [7, 11) is 2.49. The number of methoxy groups -OCH3 is 2. The SMILES string of the molecule is COC(=O)c1cc(NC(=S)NC(=NCc2ccc(Cl)cc2)Nc2nc(C)cc(C)n2)cc(C(=O)OC)c1. The maximum atomic E-state index is 12.1. The van der Waals surface area contributed by atoms with Crippen molar-refractivity contribution in [2.24, 2.45) is 4.99 Å². The summed E-state index contributed by atoms with van der Waals surface area (Å²) in [5.41, 5.74) is 3.13. The fourth-order valence-corrected chi connectivity index (χ4v) is 3.54. The van der Waals surface area contributed by atoms with Gasteiger partial charge < -0.3 is 20.1 Å². The van der Waals surface area contributed by atoms with Crippen molar-refractivity contribution >= 4 is 58.5 Å². The molecule has 0 amide bonds. The van der Waals surface area contributed by atoms with E-state index >= 15 is 0 Å². The Morgan fingerprint density at radius 3 is 2.03 bits per heavy atom. The minimum Gasteiger partial charge on any atom is -0.465 e. The highest BCUT2D eigenvalue weighted by Crippen LogP contribution is 2.17.